The van der Waals surface area contributed by atoms with Gasteiger partial charge in [-0.15, -0.1) is 0 Å². The molecule has 0 amide bonds. The molecule has 2 rings (SSSR count). The minimum absolute atomic E-state index is 0.0135. The van der Waals surface area contributed by atoms with Crippen molar-refractivity contribution < 1.29 is 0 Å². The molecule has 0 aliphatic carbocycles. The Hall–Kier alpha value is -1.56. The van der Waals surface area contributed by atoms with E-state index in [0.717, 1.165) is 0 Å². The second-order valence-electron chi connectivity index (χ2n) is 15.3. The first-order valence-corrected chi connectivity index (χ1v) is 12.7. The van der Waals surface area contributed by atoms with Crippen LogP contribution < -0.4 is 0 Å². The maximum atomic E-state index is 3.98. The first-order chi connectivity index (χ1) is 14.5. The molecule has 0 saturated heterocycles. The Morgan fingerprint density at radius 1 is 0.455 bits per heavy atom. The van der Waals surface area contributed by atoms with Crippen LogP contribution in [-0.4, -0.2) is 0 Å². The van der Waals surface area contributed by atoms with E-state index < -0.39 is 0 Å². The first-order valence-electron chi connectivity index (χ1n) is 12.7. The zero-order chi connectivity index (χ0) is 25.9. The van der Waals surface area contributed by atoms with Gasteiger partial charge in [-0.25, -0.2) is 0 Å². The van der Waals surface area contributed by atoms with Crippen molar-refractivity contribution in [2.24, 2.45) is 0 Å². The highest BCUT2D eigenvalue weighted by molar-refractivity contribution is 5.81. The molecule has 0 heterocycles. The molecular formula is C33H51. The van der Waals surface area contributed by atoms with Crippen LogP contribution in [0.4, 0.5) is 0 Å². The molecule has 0 fully saturated rings. The van der Waals surface area contributed by atoms with E-state index >= 15 is 0 Å². The minimum Gasteiger partial charge on any atom is -0.0561 e. The number of hydrogen-bond acceptors (Lipinski definition) is 0. The van der Waals surface area contributed by atoms with Crippen LogP contribution in [0.3, 0.4) is 0 Å². The average Bonchev–Trinajstić information content (AvgIpc) is 2.56. The van der Waals surface area contributed by atoms with Crippen molar-refractivity contribution in [3.63, 3.8) is 0 Å². The molecule has 0 nitrogen and oxygen atoms in total. The summed E-state index contributed by atoms with van der Waals surface area (Å²) in [6, 6.07) is 11.3. The SMILES string of the molecule is Cc1cc(C(C)(C)C)c(-c2c(C(C)(C)C)[c]c(C(C)(C)C)cc2C(C)(C)C)c(C(C)(C)C)c1. The maximum absolute atomic E-state index is 3.98. The molecule has 0 N–H and O–H groups in total. The van der Waals surface area contributed by atoms with E-state index in [-0.39, 0.29) is 27.1 Å². The van der Waals surface area contributed by atoms with Gasteiger partial charge in [0.2, 0.25) is 0 Å². The van der Waals surface area contributed by atoms with Gasteiger partial charge in [-0.05, 0) is 79.0 Å². The van der Waals surface area contributed by atoms with Gasteiger partial charge in [0, 0.05) is 0 Å². The van der Waals surface area contributed by atoms with Gasteiger partial charge in [-0.1, -0.05) is 128 Å². The van der Waals surface area contributed by atoms with Gasteiger partial charge in [0.25, 0.3) is 0 Å². The van der Waals surface area contributed by atoms with Crippen LogP contribution in [0.2, 0.25) is 0 Å². The van der Waals surface area contributed by atoms with Crippen molar-refractivity contribution in [2.45, 2.75) is 138 Å². The molecule has 1 radical (unpaired) electrons. The van der Waals surface area contributed by atoms with Crippen molar-refractivity contribution in [3.05, 3.63) is 57.6 Å². The van der Waals surface area contributed by atoms with Crippen molar-refractivity contribution in [3.8, 4) is 11.1 Å². The Morgan fingerprint density at radius 2 is 0.818 bits per heavy atom. The van der Waals surface area contributed by atoms with E-state index in [1.807, 2.05) is 0 Å². The van der Waals surface area contributed by atoms with E-state index in [1.165, 1.54) is 44.5 Å². The van der Waals surface area contributed by atoms with E-state index in [1.54, 1.807) is 0 Å². The average molecular weight is 448 g/mol. The smallest absolute Gasteiger partial charge is 0.00965 e. The van der Waals surface area contributed by atoms with E-state index in [0.29, 0.717) is 0 Å². The molecule has 0 aliphatic rings. The molecular weight excluding hydrogens is 396 g/mol. The largest absolute Gasteiger partial charge is 0.0561 e. The van der Waals surface area contributed by atoms with Gasteiger partial charge in [0.15, 0.2) is 0 Å². The lowest BCUT2D eigenvalue weighted by Gasteiger charge is -2.38. The highest BCUT2D eigenvalue weighted by Gasteiger charge is 2.35. The number of rotatable bonds is 1. The quantitative estimate of drug-likeness (QED) is 0.408. The van der Waals surface area contributed by atoms with Crippen molar-refractivity contribution >= 4 is 0 Å². The molecule has 0 aromatic heterocycles. The molecule has 0 spiro atoms. The van der Waals surface area contributed by atoms with Gasteiger partial charge >= 0.3 is 0 Å². The Balaban J connectivity index is 3.33. The topological polar surface area (TPSA) is 0 Å². The lowest BCUT2D eigenvalue weighted by molar-refractivity contribution is 0.544. The standard InChI is InChI=1S/C33H51/c1-21-17-23(30(5,6)7)27(24(18-21)31(8,9)10)28-25(32(11,12)13)19-22(29(2,3)4)20-26(28)33(14,15)16/h17-19H,1-16H3. The summed E-state index contributed by atoms with van der Waals surface area (Å²) in [6.45, 7) is 37.5. The summed E-state index contributed by atoms with van der Waals surface area (Å²) in [5.41, 5.74) is 11.3. The summed E-state index contributed by atoms with van der Waals surface area (Å²) < 4.78 is 0. The highest BCUT2D eigenvalue weighted by atomic mass is 14.4. The third kappa shape index (κ3) is 5.93. The minimum atomic E-state index is -0.0220. The number of aryl methyl sites for hydroxylation is 1. The van der Waals surface area contributed by atoms with Crippen LogP contribution in [0.1, 0.15) is 137 Å². The zero-order valence-electron chi connectivity index (χ0n) is 24.7. The summed E-state index contributed by atoms with van der Waals surface area (Å²) in [5, 5.41) is 0. The second-order valence-corrected chi connectivity index (χ2v) is 15.3. The molecule has 2 aromatic carbocycles. The van der Waals surface area contributed by atoms with Crippen LogP contribution in [0.15, 0.2) is 18.2 Å². The lowest BCUT2D eigenvalue weighted by Crippen LogP contribution is -2.26. The maximum Gasteiger partial charge on any atom is -0.00965 e. The van der Waals surface area contributed by atoms with Crippen LogP contribution in [0.5, 0.6) is 0 Å². The fourth-order valence-electron chi connectivity index (χ4n) is 4.64. The van der Waals surface area contributed by atoms with Crippen molar-refractivity contribution in [1.29, 1.82) is 0 Å². The monoisotopic (exact) mass is 447 g/mol. The molecule has 183 valence electrons. The fraction of sp³-hybridized carbons (Fsp3) is 0.636. The van der Waals surface area contributed by atoms with E-state index in [2.05, 4.69) is 135 Å². The molecule has 0 bridgehead atoms. The molecule has 0 saturated carbocycles. The van der Waals surface area contributed by atoms with Gasteiger partial charge in [-0.2, -0.15) is 0 Å². The lowest BCUT2D eigenvalue weighted by atomic mass is 9.66. The molecule has 0 heteroatoms. The van der Waals surface area contributed by atoms with Crippen LogP contribution >= 0.6 is 0 Å². The third-order valence-electron chi connectivity index (χ3n) is 6.58. The Morgan fingerprint density at radius 3 is 1.12 bits per heavy atom. The van der Waals surface area contributed by atoms with Crippen molar-refractivity contribution in [2.75, 3.05) is 0 Å². The molecule has 0 aliphatic heterocycles. The number of hydrogen-bond donors (Lipinski definition) is 0. The molecule has 33 heavy (non-hydrogen) atoms. The van der Waals surface area contributed by atoms with Crippen LogP contribution in [0.25, 0.3) is 11.1 Å². The Kier molecular flexibility index (Phi) is 6.95. The Labute approximate surface area is 206 Å². The third-order valence-corrected chi connectivity index (χ3v) is 6.58. The zero-order valence-corrected chi connectivity index (χ0v) is 24.7. The normalized spacial score (nSPS) is 14.1. The number of benzene rings is 2. The summed E-state index contributed by atoms with van der Waals surface area (Å²) in [5.74, 6) is 0. The molecule has 2 aromatic rings. The van der Waals surface area contributed by atoms with E-state index in [9.17, 15) is 0 Å². The van der Waals surface area contributed by atoms with Gasteiger partial charge < -0.3 is 0 Å². The van der Waals surface area contributed by atoms with Gasteiger partial charge in [0.05, 0.1) is 0 Å². The van der Waals surface area contributed by atoms with Crippen LogP contribution in [0, 0.1) is 13.0 Å². The predicted molar refractivity (Wildman–Crippen MR) is 149 cm³/mol. The van der Waals surface area contributed by atoms with E-state index in [4.69, 9.17) is 0 Å². The van der Waals surface area contributed by atoms with Gasteiger partial charge in [-0.3, -0.25) is 0 Å². The summed E-state index contributed by atoms with van der Waals surface area (Å²) in [6.07, 6.45) is 0. The fourth-order valence-corrected chi connectivity index (χ4v) is 4.64. The summed E-state index contributed by atoms with van der Waals surface area (Å²) in [7, 11) is 0. The first kappa shape index (κ1) is 27.7. The Bertz CT molecular complexity index is 940. The highest BCUT2D eigenvalue weighted by Crippen LogP contribution is 2.49. The molecule has 0 unspecified atom stereocenters. The van der Waals surface area contributed by atoms with Crippen molar-refractivity contribution in [1.82, 2.24) is 0 Å². The summed E-state index contributed by atoms with van der Waals surface area (Å²) >= 11 is 0. The van der Waals surface area contributed by atoms with Gasteiger partial charge in [0.1, 0.15) is 0 Å². The molecule has 0 atom stereocenters. The predicted octanol–water partition coefficient (Wildman–Crippen LogP) is 9.95. The van der Waals surface area contributed by atoms with Crippen LogP contribution in [-0.2, 0) is 27.1 Å². The second kappa shape index (κ2) is 8.28. The summed E-state index contributed by atoms with van der Waals surface area (Å²) in [4.78, 5) is 0.